The lowest BCUT2D eigenvalue weighted by Crippen LogP contribution is -2.44. The topological polar surface area (TPSA) is 97.0 Å². The van der Waals surface area contributed by atoms with E-state index in [2.05, 4.69) is 42.7 Å². The monoisotopic (exact) mass is 599 g/mol. The number of benzene rings is 2. The van der Waals surface area contributed by atoms with E-state index in [1.54, 1.807) is 0 Å². The van der Waals surface area contributed by atoms with Gasteiger partial charge >= 0.3 is 5.76 Å². The van der Waals surface area contributed by atoms with Gasteiger partial charge in [0.25, 0.3) is 5.56 Å². The molecule has 9 heteroatoms. The summed E-state index contributed by atoms with van der Waals surface area (Å²) in [4.78, 5) is 36.6. The SMILES string of the molecule is CCCCc1nc(CC)c(CC(=S)N2CCCC(C)(C)C2)c(=O)n1Cc1ccc(-c2ccccc2-c2noc(=O)[nH]2)cc1. The summed E-state index contributed by atoms with van der Waals surface area (Å²) in [5.41, 5.74) is 5.50. The molecule has 1 aliphatic heterocycles. The Bertz CT molecular complexity index is 1700. The maximum absolute atomic E-state index is 14.2. The second-order valence-corrected chi connectivity index (χ2v) is 12.7. The first kappa shape index (κ1) is 30.6. The van der Waals surface area contributed by atoms with Crippen LogP contribution in [0.25, 0.3) is 22.5 Å². The third-order valence-electron chi connectivity index (χ3n) is 8.33. The van der Waals surface area contributed by atoms with Crippen LogP contribution >= 0.6 is 12.2 Å². The van der Waals surface area contributed by atoms with E-state index in [1.807, 2.05) is 53.1 Å². The molecule has 0 aliphatic carbocycles. The summed E-state index contributed by atoms with van der Waals surface area (Å²) in [7, 11) is 0. The van der Waals surface area contributed by atoms with Crippen molar-refractivity contribution < 1.29 is 4.52 Å². The molecule has 0 saturated carbocycles. The van der Waals surface area contributed by atoms with E-state index < -0.39 is 5.76 Å². The Kier molecular flexibility index (Phi) is 9.40. The van der Waals surface area contributed by atoms with Crippen molar-refractivity contribution in [2.75, 3.05) is 13.1 Å². The van der Waals surface area contributed by atoms with Crippen LogP contribution in [-0.2, 0) is 25.8 Å². The molecule has 5 rings (SSSR count). The van der Waals surface area contributed by atoms with Crippen LogP contribution in [0, 0.1) is 5.41 Å². The first-order valence-electron chi connectivity index (χ1n) is 15.3. The average molecular weight is 600 g/mol. The van der Waals surface area contributed by atoms with Gasteiger partial charge in [0.2, 0.25) is 0 Å². The standard InChI is InChI=1S/C34H41N5O3S/c1-5-7-13-29-35-28(6-2)27(20-30(43)38-19-10-18-34(3,4)22-38)32(40)39(29)21-23-14-16-24(17-15-23)25-11-8-9-12-26(25)31-36-33(41)42-37-31/h8-9,11-12,14-17H,5-7,10,13,18-22H2,1-4H3,(H,36,37,41). The molecule has 3 heterocycles. The Labute approximate surface area is 258 Å². The Morgan fingerprint density at radius 1 is 1.07 bits per heavy atom. The molecule has 8 nitrogen and oxygen atoms in total. The van der Waals surface area contributed by atoms with Gasteiger partial charge in [0, 0.05) is 37.1 Å². The highest BCUT2D eigenvalue weighted by Gasteiger charge is 2.28. The maximum atomic E-state index is 14.2. The lowest BCUT2D eigenvalue weighted by atomic mass is 9.84. The number of hydrogen-bond acceptors (Lipinski definition) is 6. The summed E-state index contributed by atoms with van der Waals surface area (Å²) < 4.78 is 6.59. The van der Waals surface area contributed by atoms with E-state index in [0.717, 1.165) is 83.1 Å². The predicted octanol–water partition coefficient (Wildman–Crippen LogP) is 6.20. The van der Waals surface area contributed by atoms with Crippen molar-refractivity contribution >= 4 is 17.2 Å². The Morgan fingerprint density at radius 3 is 2.47 bits per heavy atom. The zero-order valence-corrected chi connectivity index (χ0v) is 26.4. The summed E-state index contributed by atoms with van der Waals surface area (Å²) in [6.07, 6.45) is 6.21. The number of nitrogens with one attached hydrogen (secondary N) is 1. The van der Waals surface area contributed by atoms with Crippen LogP contribution in [0.2, 0.25) is 0 Å². The molecule has 0 amide bonds. The number of unbranched alkanes of at least 4 members (excludes halogenated alkanes) is 1. The fourth-order valence-corrected chi connectivity index (χ4v) is 6.30. The molecule has 0 radical (unpaired) electrons. The number of H-pyrrole nitrogens is 1. The Hall–Kier alpha value is -3.85. The first-order valence-corrected chi connectivity index (χ1v) is 15.7. The van der Waals surface area contributed by atoms with Gasteiger partial charge in [0.05, 0.1) is 17.2 Å². The normalized spacial score (nSPS) is 14.7. The number of aryl methyl sites for hydroxylation is 2. The molecular weight excluding hydrogens is 558 g/mol. The highest BCUT2D eigenvalue weighted by molar-refractivity contribution is 7.80. The van der Waals surface area contributed by atoms with Gasteiger partial charge in [-0.05, 0) is 47.8 Å². The van der Waals surface area contributed by atoms with Crippen LogP contribution in [0.3, 0.4) is 0 Å². The molecule has 0 bridgehead atoms. The van der Waals surface area contributed by atoms with Crippen LogP contribution in [0.1, 0.15) is 76.0 Å². The first-order chi connectivity index (χ1) is 20.7. The molecule has 0 spiro atoms. The van der Waals surface area contributed by atoms with Gasteiger partial charge < -0.3 is 4.90 Å². The number of aromatic amines is 1. The van der Waals surface area contributed by atoms with Crippen molar-refractivity contribution in [2.24, 2.45) is 5.41 Å². The predicted molar refractivity (Wildman–Crippen MR) is 174 cm³/mol. The highest BCUT2D eigenvalue weighted by Crippen LogP contribution is 2.31. The molecule has 0 atom stereocenters. The zero-order valence-electron chi connectivity index (χ0n) is 25.6. The van der Waals surface area contributed by atoms with E-state index in [1.165, 1.54) is 6.42 Å². The third kappa shape index (κ3) is 7.04. The van der Waals surface area contributed by atoms with Gasteiger partial charge in [0.15, 0.2) is 5.82 Å². The smallest absolute Gasteiger partial charge is 0.365 e. The van der Waals surface area contributed by atoms with Crippen molar-refractivity contribution in [3.8, 4) is 22.5 Å². The number of piperidine rings is 1. The number of rotatable bonds is 10. The Balaban J connectivity index is 1.45. The zero-order chi connectivity index (χ0) is 30.6. The molecule has 226 valence electrons. The fourth-order valence-electron chi connectivity index (χ4n) is 6.00. The van der Waals surface area contributed by atoms with E-state index in [4.69, 9.17) is 21.7 Å². The number of thiocarbonyl (C=S) groups is 1. The highest BCUT2D eigenvalue weighted by atomic mass is 32.1. The molecule has 4 aromatic rings. The van der Waals surface area contributed by atoms with E-state index in [0.29, 0.717) is 25.2 Å². The molecular formula is C34H41N5O3S. The van der Waals surface area contributed by atoms with Crippen LogP contribution in [-0.4, -0.2) is 42.7 Å². The minimum Gasteiger partial charge on any atom is -0.365 e. The second kappa shape index (κ2) is 13.2. The Morgan fingerprint density at radius 2 is 1.81 bits per heavy atom. The quantitative estimate of drug-likeness (QED) is 0.217. The number of hydrogen-bond donors (Lipinski definition) is 1. The summed E-state index contributed by atoms with van der Waals surface area (Å²) in [5, 5.41) is 3.87. The van der Waals surface area contributed by atoms with Crippen molar-refractivity contribution in [2.45, 2.75) is 79.2 Å². The van der Waals surface area contributed by atoms with Crippen LogP contribution < -0.4 is 11.3 Å². The molecule has 1 N–H and O–H groups in total. The van der Waals surface area contributed by atoms with E-state index in [9.17, 15) is 9.59 Å². The van der Waals surface area contributed by atoms with Gasteiger partial charge in [-0.3, -0.25) is 18.9 Å². The van der Waals surface area contributed by atoms with Gasteiger partial charge in [-0.15, -0.1) is 0 Å². The summed E-state index contributed by atoms with van der Waals surface area (Å²) in [5.74, 6) is 0.631. The van der Waals surface area contributed by atoms with Crippen molar-refractivity contribution in [1.82, 2.24) is 24.6 Å². The van der Waals surface area contributed by atoms with Gasteiger partial charge in [-0.2, -0.15) is 0 Å². The minimum atomic E-state index is -0.591. The summed E-state index contributed by atoms with van der Waals surface area (Å²) in [6, 6.07) is 15.9. The van der Waals surface area contributed by atoms with Crippen molar-refractivity contribution in [1.29, 1.82) is 0 Å². The number of aromatic nitrogens is 4. The molecule has 1 fully saturated rings. The molecule has 0 unspecified atom stereocenters. The molecule has 43 heavy (non-hydrogen) atoms. The minimum absolute atomic E-state index is 0.0148. The van der Waals surface area contributed by atoms with Crippen LogP contribution in [0.4, 0.5) is 0 Å². The lowest BCUT2D eigenvalue weighted by molar-refractivity contribution is 0.179. The third-order valence-corrected chi connectivity index (χ3v) is 8.73. The van der Waals surface area contributed by atoms with Gasteiger partial charge in [-0.25, -0.2) is 9.78 Å². The van der Waals surface area contributed by atoms with Crippen molar-refractivity contribution in [3.05, 3.63) is 92.1 Å². The second-order valence-electron chi connectivity index (χ2n) is 12.2. The molecule has 2 aromatic carbocycles. The van der Waals surface area contributed by atoms with Gasteiger partial charge in [-0.1, -0.05) is 100 Å². The van der Waals surface area contributed by atoms with E-state index in [-0.39, 0.29) is 11.0 Å². The largest absolute Gasteiger partial charge is 0.439 e. The molecule has 1 saturated heterocycles. The molecule has 1 aliphatic rings. The van der Waals surface area contributed by atoms with Crippen molar-refractivity contribution in [3.63, 3.8) is 0 Å². The number of nitrogens with zero attached hydrogens (tertiary/aromatic N) is 4. The maximum Gasteiger partial charge on any atom is 0.439 e. The summed E-state index contributed by atoms with van der Waals surface area (Å²) in [6.45, 7) is 11.1. The van der Waals surface area contributed by atoms with E-state index >= 15 is 0 Å². The van der Waals surface area contributed by atoms with Crippen LogP contribution in [0.5, 0.6) is 0 Å². The van der Waals surface area contributed by atoms with Gasteiger partial charge in [0.1, 0.15) is 5.82 Å². The average Bonchev–Trinajstić information content (AvgIpc) is 3.44. The van der Waals surface area contributed by atoms with Crippen LogP contribution in [0.15, 0.2) is 62.6 Å². The number of likely N-dealkylation sites (tertiary alicyclic amines) is 1. The summed E-state index contributed by atoms with van der Waals surface area (Å²) >= 11 is 5.93. The lowest BCUT2D eigenvalue weighted by Gasteiger charge is -2.39. The fraction of sp³-hybridized carbons (Fsp3) is 0.441. The molecule has 2 aromatic heterocycles.